The maximum atomic E-state index is 12.0. The van der Waals surface area contributed by atoms with Crippen molar-refractivity contribution in [2.75, 3.05) is 5.32 Å². The fourth-order valence-electron chi connectivity index (χ4n) is 2.44. The Kier molecular flexibility index (Phi) is 5.22. The number of benzene rings is 2. The number of aromatic hydroxyl groups is 1. The minimum absolute atomic E-state index is 0.0786. The first kappa shape index (κ1) is 17.5. The molecule has 2 N–H and O–H groups in total. The van der Waals surface area contributed by atoms with Gasteiger partial charge in [0.05, 0.1) is 5.69 Å². The molecule has 1 heterocycles. The number of nitrogens with one attached hydrogen (secondary N) is 1. The summed E-state index contributed by atoms with van der Waals surface area (Å²) in [4.78, 5) is 16.4. The van der Waals surface area contributed by atoms with Gasteiger partial charge in [0.15, 0.2) is 5.76 Å². The van der Waals surface area contributed by atoms with Gasteiger partial charge in [-0.3, -0.25) is 0 Å². The standard InChI is InChI=1S/C20H20N2O4/c1-13(2)17-18(15-8-10-16(23)11-9-15)26-19(21-17)22-20(24)25-12-14-6-4-3-5-7-14/h3-11,13,23H,12H2,1-2H3,(H,21,22,24). The summed E-state index contributed by atoms with van der Waals surface area (Å²) in [5.74, 6) is 0.819. The minimum atomic E-state index is -0.636. The lowest BCUT2D eigenvalue weighted by atomic mass is 10.0. The molecule has 6 nitrogen and oxygen atoms in total. The van der Waals surface area contributed by atoms with Crippen LogP contribution >= 0.6 is 0 Å². The number of hydrogen-bond acceptors (Lipinski definition) is 5. The Labute approximate surface area is 151 Å². The number of rotatable bonds is 5. The van der Waals surface area contributed by atoms with Crippen molar-refractivity contribution in [2.24, 2.45) is 0 Å². The van der Waals surface area contributed by atoms with Crippen molar-refractivity contribution >= 4 is 12.1 Å². The number of carbonyl (C=O) groups is 1. The lowest BCUT2D eigenvalue weighted by molar-refractivity contribution is 0.154. The molecule has 0 fully saturated rings. The maximum Gasteiger partial charge on any atom is 0.415 e. The van der Waals surface area contributed by atoms with Crippen molar-refractivity contribution in [3.8, 4) is 17.1 Å². The van der Waals surface area contributed by atoms with Crippen LogP contribution in [0.5, 0.6) is 5.75 Å². The Morgan fingerprint density at radius 1 is 1.15 bits per heavy atom. The van der Waals surface area contributed by atoms with Gasteiger partial charge in [-0.25, -0.2) is 10.1 Å². The molecule has 0 aliphatic heterocycles. The van der Waals surface area contributed by atoms with Crippen LogP contribution in [0.2, 0.25) is 0 Å². The second-order valence-electron chi connectivity index (χ2n) is 6.12. The van der Waals surface area contributed by atoms with E-state index < -0.39 is 6.09 Å². The number of aromatic nitrogens is 1. The third kappa shape index (κ3) is 4.22. The fraction of sp³-hybridized carbons (Fsp3) is 0.200. The van der Waals surface area contributed by atoms with Crippen molar-refractivity contribution < 1.29 is 19.1 Å². The summed E-state index contributed by atoms with van der Waals surface area (Å²) in [6, 6.07) is 16.1. The van der Waals surface area contributed by atoms with Crippen LogP contribution < -0.4 is 5.32 Å². The average molecular weight is 352 g/mol. The van der Waals surface area contributed by atoms with Gasteiger partial charge >= 0.3 is 12.1 Å². The van der Waals surface area contributed by atoms with E-state index >= 15 is 0 Å². The minimum Gasteiger partial charge on any atom is -0.508 e. The largest absolute Gasteiger partial charge is 0.508 e. The molecule has 0 saturated heterocycles. The van der Waals surface area contributed by atoms with Gasteiger partial charge in [-0.1, -0.05) is 44.2 Å². The summed E-state index contributed by atoms with van der Waals surface area (Å²) in [6.07, 6.45) is -0.636. The molecule has 6 heteroatoms. The summed E-state index contributed by atoms with van der Waals surface area (Å²) >= 11 is 0. The average Bonchev–Trinajstić information content (AvgIpc) is 3.05. The van der Waals surface area contributed by atoms with E-state index in [1.165, 1.54) is 0 Å². The van der Waals surface area contributed by atoms with Crippen molar-refractivity contribution in [3.05, 3.63) is 65.9 Å². The molecule has 2 aromatic carbocycles. The number of anilines is 1. The molecule has 26 heavy (non-hydrogen) atoms. The molecule has 0 aliphatic carbocycles. The van der Waals surface area contributed by atoms with E-state index in [1.807, 2.05) is 44.2 Å². The van der Waals surface area contributed by atoms with Crippen LogP contribution in [0.25, 0.3) is 11.3 Å². The molecule has 0 radical (unpaired) electrons. The van der Waals surface area contributed by atoms with E-state index in [0.29, 0.717) is 11.5 Å². The van der Waals surface area contributed by atoms with E-state index in [2.05, 4.69) is 10.3 Å². The highest BCUT2D eigenvalue weighted by molar-refractivity contribution is 5.82. The monoisotopic (exact) mass is 352 g/mol. The van der Waals surface area contributed by atoms with E-state index in [-0.39, 0.29) is 24.3 Å². The zero-order valence-corrected chi connectivity index (χ0v) is 14.6. The van der Waals surface area contributed by atoms with Crippen molar-refractivity contribution in [1.82, 2.24) is 4.98 Å². The Morgan fingerprint density at radius 3 is 2.50 bits per heavy atom. The van der Waals surface area contributed by atoms with Gasteiger partial charge in [-0.05, 0) is 35.7 Å². The molecule has 1 aromatic heterocycles. The van der Waals surface area contributed by atoms with Gasteiger partial charge in [-0.15, -0.1) is 0 Å². The zero-order chi connectivity index (χ0) is 18.5. The number of phenols is 1. The lowest BCUT2D eigenvalue weighted by Gasteiger charge is -2.04. The van der Waals surface area contributed by atoms with Crippen LogP contribution in [0.1, 0.15) is 31.0 Å². The highest BCUT2D eigenvalue weighted by Crippen LogP contribution is 2.32. The van der Waals surface area contributed by atoms with E-state index in [9.17, 15) is 9.90 Å². The lowest BCUT2D eigenvalue weighted by Crippen LogP contribution is -2.13. The summed E-state index contributed by atoms with van der Waals surface area (Å²) in [6.45, 7) is 4.13. The van der Waals surface area contributed by atoms with Crippen molar-refractivity contribution in [2.45, 2.75) is 26.4 Å². The van der Waals surface area contributed by atoms with Crippen LogP contribution in [-0.4, -0.2) is 16.2 Å². The molecule has 0 atom stereocenters. The van der Waals surface area contributed by atoms with Crippen LogP contribution in [0.4, 0.5) is 10.8 Å². The molecule has 134 valence electrons. The van der Waals surface area contributed by atoms with Crippen LogP contribution in [0, 0.1) is 0 Å². The number of ether oxygens (including phenoxy) is 1. The molecule has 0 bridgehead atoms. The normalized spacial score (nSPS) is 10.7. The highest BCUT2D eigenvalue weighted by atomic mass is 16.6. The molecular weight excluding hydrogens is 332 g/mol. The van der Waals surface area contributed by atoms with E-state index in [4.69, 9.17) is 9.15 Å². The Balaban J connectivity index is 1.73. The summed E-state index contributed by atoms with van der Waals surface area (Å²) in [5, 5.41) is 12.0. The summed E-state index contributed by atoms with van der Waals surface area (Å²) in [5.41, 5.74) is 2.38. The van der Waals surface area contributed by atoms with Gasteiger partial charge < -0.3 is 14.3 Å². The first-order chi connectivity index (χ1) is 12.5. The van der Waals surface area contributed by atoms with E-state index in [0.717, 1.165) is 11.1 Å². The topological polar surface area (TPSA) is 84.6 Å². The predicted octanol–water partition coefficient (Wildman–Crippen LogP) is 4.92. The Morgan fingerprint density at radius 2 is 1.85 bits per heavy atom. The number of amides is 1. The third-order valence-corrected chi connectivity index (χ3v) is 3.75. The molecule has 3 aromatic rings. The first-order valence-corrected chi connectivity index (χ1v) is 8.30. The molecule has 0 aliphatic rings. The SMILES string of the molecule is CC(C)c1nc(NC(=O)OCc2ccccc2)oc1-c1ccc(O)cc1. The number of phenolic OH excluding ortho intramolecular Hbond substituents is 1. The molecule has 0 spiro atoms. The maximum absolute atomic E-state index is 12.0. The molecule has 0 saturated carbocycles. The van der Waals surface area contributed by atoms with Gasteiger partial charge in [0.25, 0.3) is 0 Å². The number of hydrogen-bond donors (Lipinski definition) is 2. The third-order valence-electron chi connectivity index (χ3n) is 3.75. The van der Waals surface area contributed by atoms with Crippen LogP contribution in [0.3, 0.4) is 0 Å². The first-order valence-electron chi connectivity index (χ1n) is 8.30. The highest BCUT2D eigenvalue weighted by Gasteiger charge is 2.19. The van der Waals surface area contributed by atoms with Gasteiger partial charge in [-0.2, -0.15) is 4.98 Å². The van der Waals surface area contributed by atoms with E-state index in [1.54, 1.807) is 24.3 Å². The number of carbonyl (C=O) groups excluding carboxylic acids is 1. The molecular formula is C20H20N2O4. The zero-order valence-electron chi connectivity index (χ0n) is 14.6. The van der Waals surface area contributed by atoms with Crippen molar-refractivity contribution in [1.29, 1.82) is 0 Å². The van der Waals surface area contributed by atoms with Gasteiger partial charge in [0.2, 0.25) is 0 Å². The smallest absolute Gasteiger partial charge is 0.415 e. The molecule has 0 unspecified atom stereocenters. The molecule has 1 amide bonds. The Hall–Kier alpha value is -3.28. The van der Waals surface area contributed by atoms with Gasteiger partial charge in [0, 0.05) is 5.56 Å². The quantitative estimate of drug-likeness (QED) is 0.681. The second kappa shape index (κ2) is 7.74. The number of oxazole rings is 1. The Bertz CT molecular complexity index is 871. The second-order valence-corrected chi connectivity index (χ2v) is 6.12. The fourth-order valence-corrected chi connectivity index (χ4v) is 2.44. The summed E-state index contributed by atoms with van der Waals surface area (Å²) < 4.78 is 10.9. The predicted molar refractivity (Wildman–Crippen MR) is 97.9 cm³/mol. The summed E-state index contributed by atoms with van der Waals surface area (Å²) in [7, 11) is 0. The van der Waals surface area contributed by atoms with Crippen LogP contribution in [0.15, 0.2) is 59.0 Å². The van der Waals surface area contributed by atoms with Crippen molar-refractivity contribution in [3.63, 3.8) is 0 Å². The molecule has 3 rings (SSSR count). The van der Waals surface area contributed by atoms with Crippen LogP contribution in [-0.2, 0) is 11.3 Å². The van der Waals surface area contributed by atoms with Gasteiger partial charge in [0.1, 0.15) is 12.4 Å². The number of nitrogens with zero attached hydrogens (tertiary/aromatic N) is 1.